The van der Waals surface area contributed by atoms with Gasteiger partial charge in [-0.1, -0.05) is 42.8 Å². The quantitative estimate of drug-likeness (QED) is 0.630. The van der Waals surface area contributed by atoms with Gasteiger partial charge >= 0.3 is 0 Å². The molecule has 0 spiro atoms. The van der Waals surface area contributed by atoms with Crippen LogP contribution in [-0.2, 0) is 16.4 Å². The molecule has 3 aromatic rings. The molecule has 1 aliphatic carbocycles. The number of benzene rings is 2. The fraction of sp³-hybridized carbons (Fsp3) is 0.364. The number of hydrogen-bond acceptors (Lipinski definition) is 6. The lowest BCUT2D eigenvalue weighted by molar-refractivity contribution is 0.0942. The predicted molar refractivity (Wildman–Crippen MR) is 118 cm³/mol. The summed E-state index contributed by atoms with van der Waals surface area (Å²) in [6.07, 6.45) is 6.93. The summed E-state index contributed by atoms with van der Waals surface area (Å²) in [7, 11) is -3.66. The molecule has 0 amide bonds. The van der Waals surface area contributed by atoms with Crippen LogP contribution in [0.5, 0.6) is 0 Å². The minimum Gasteiger partial charge on any atom is -0.289 e. The van der Waals surface area contributed by atoms with Gasteiger partial charge in [0.05, 0.1) is 4.90 Å². The first-order chi connectivity index (χ1) is 14.6. The van der Waals surface area contributed by atoms with Gasteiger partial charge in [0.2, 0.25) is 5.13 Å². The van der Waals surface area contributed by atoms with Crippen molar-refractivity contribution in [3.8, 4) is 0 Å². The minimum absolute atomic E-state index is 0.285. The van der Waals surface area contributed by atoms with Crippen LogP contribution >= 0.6 is 11.5 Å². The van der Waals surface area contributed by atoms with Gasteiger partial charge in [-0.3, -0.25) is 9.62 Å². The maximum Gasteiger partial charge on any atom is 0.263 e. The summed E-state index contributed by atoms with van der Waals surface area (Å²) in [5, 5.41) is 0.285. The molecule has 1 saturated heterocycles. The molecule has 8 heteroatoms. The highest BCUT2D eigenvalue weighted by atomic mass is 32.2. The number of aromatic nitrogens is 2. The Morgan fingerprint density at radius 2 is 1.90 bits per heavy atom. The number of anilines is 1. The van der Waals surface area contributed by atoms with Crippen LogP contribution in [0, 0.1) is 0 Å². The molecule has 2 aliphatic rings. The van der Waals surface area contributed by atoms with Crippen molar-refractivity contribution in [2.45, 2.75) is 49.1 Å². The fourth-order valence-electron chi connectivity index (χ4n) is 4.84. The molecule has 1 aromatic heterocycles. The molecular weight excluding hydrogens is 416 g/mol. The van der Waals surface area contributed by atoms with Crippen LogP contribution in [-0.4, -0.2) is 29.2 Å². The van der Waals surface area contributed by atoms with Crippen LogP contribution in [0.25, 0.3) is 0 Å². The third-order valence-corrected chi connectivity index (χ3v) is 8.23. The summed E-state index contributed by atoms with van der Waals surface area (Å²) in [4.78, 5) is 6.84. The summed E-state index contributed by atoms with van der Waals surface area (Å²) in [5.41, 5.74) is 3.79. The van der Waals surface area contributed by atoms with Crippen LogP contribution in [0.15, 0.2) is 59.8 Å². The number of nitrogens with one attached hydrogen (secondary N) is 1. The van der Waals surface area contributed by atoms with E-state index < -0.39 is 10.0 Å². The second kappa shape index (κ2) is 8.09. The standard InChI is InChI=1S/C22H24N4O2S2/c27-30(28,25-22-23-15-24-29-22)18-10-11-19-17(14-18)9-12-21(19)26-13-5-4-8-20(26)16-6-2-1-3-7-16/h1-3,6-7,10-11,14-15,20-21H,4-5,8-9,12-13H2,(H,23,24,25)/t20-,21-/m0/s1. The average Bonchev–Trinajstić information content (AvgIpc) is 3.43. The molecule has 156 valence electrons. The van der Waals surface area contributed by atoms with E-state index >= 15 is 0 Å². The molecule has 30 heavy (non-hydrogen) atoms. The molecule has 2 aromatic carbocycles. The zero-order chi connectivity index (χ0) is 20.6. The molecule has 6 nitrogen and oxygen atoms in total. The van der Waals surface area contributed by atoms with E-state index in [2.05, 4.69) is 49.3 Å². The Hall–Kier alpha value is -2.29. The van der Waals surface area contributed by atoms with Gasteiger partial charge in [0.25, 0.3) is 10.0 Å². The number of hydrogen-bond donors (Lipinski definition) is 1. The van der Waals surface area contributed by atoms with Crippen LogP contribution in [0.4, 0.5) is 5.13 Å². The molecule has 1 fully saturated rings. The lowest BCUT2D eigenvalue weighted by Crippen LogP contribution is -2.35. The molecular formula is C22H24N4O2S2. The third-order valence-electron chi connectivity index (χ3n) is 6.18. The smallest absolute Gasteiger partial charge is 0.263 e. The van der Waals surface area contributed by atoms with E-state index in [1.807, 2.05) is 12.1 Å². The largest absolute Gasteiger partial charge is 0.289 e. The summed E-state index contributed by atoms with van der Waals surface area (Å²) < 4.78 is 31.8. The zero-order valence-corrected chi connectivity index (χ0v) is 18.2. The van der Waals surface area contributed by atoms with E-state index in [0.717, 1.165) is 36.5 Å². The van der Waals surface area contributed by atoms with Crippen LogP contribution in [0.2, 0.25) is 0 Å². The van der Waals surface area contributed by atoms with Crippen molar-refractivity contribution in [2.75, 3.05) is 11.3 Å². The number of aryl methyl sites for hydroxylation is 1. The maximum absolute atomic E-state index is 12.7. The monoisotopic (exact) mass is 440 g/mol. The van der Waals surface area contributed by atoms with Crippen LogP contribution in [0.3, 0.4) is 0 Å². The van der Waals surface area contributed by atoms with Gasteiger partial charge in [0.15, 0.2) is 0 Å². The highest BCUT2D eigenvalue weighted by molar-refractivity contribution is 7.93. The van der Waals surface area contributed by atoms with Gasteiger partial charge < -0.3 is 0 Å². The van der Waals surface area contributed by atoms with E-state index in [1.54, 1.807) is 6.07 Å². The Labute approximate surface area is 181 Å². The number of nitrogens with zero attached hydrogens (tertiary/aromatic N) is 3. The van der Waals surface area contributed by atoms with Gasteiger partial charge in [-0.15, -0.1) is 0 Å². The molecule has 0 unspecified atom stereocenters. The first-order valence-electron chi connectivity index (χ1n) is 10.3. The highest BCUT2D eigenvalue weighted by Gasteiger charge is 2.35. The Balaban J connectivity index is 1.42. The summed E-state index contributed by atoms with van der Waals surface area (Å²) in [5.74, 6) is 0. The number of sulfonamides is 1. The SMILES string of the molecule is O=S(=O)(Nc1ncns1)c1ccc2c(c1)CC[C@@H]2N1CCCC[C@H]1c1ccccc1. The van der Waals surface area contributed by atoms with Crippen molar-refractivity contribution in [1.82, 2.24) is 14.3 Å². The van der Waals surface area contributed by atoms with Gasteiger partial charge in [-0.25, -0.2) is 13.4 Å². The fourth-order valence-corrected chi connectivity index (χ4v) is 6.55. The molecule has 5 rings (SSSR count). The average molecular weight is 441 g/mol. The highest BCUT2D eigenvalue weighted by Crippen LogP contribution is 2.44. The van der Waals surface area contributed by atoms with E-state index in [4.69, 9.17) is 0 Å². The van der Waals surface area contributed by atoms with Gasteiger partial charge in [0.1, 0.15) is 6.33 Å². The van der Waals surface area contributed by atoms with Gasteiger partial charge in [0, 0.05) is 23.6 Å². The van der Waals surface area contributed by atoms with Gasteiger partial charge in [-0.2, -0.15) is 4.37 Å². The Morgan fingerprint density at radius 1 is 1.03 bits per heavy atom. The lowest BCUT2D eigenvalue weighted by atomic mass is 9.92. The van der Waals surface area contributed by atoms with Gasteiger partial charge in [-0.05, 0) is 61.1 Å². The second-order valence-electron chi connectivity index (χ2n) is 7.93. The number of piperidine rings is 1. The van der Waals surface area contributed by atoms with E-state index in [1.165, 1.54) is 36.7 Å². The van der Waals surface area contributed by atoms with Crippen LogP contribution < -0.4 is 4.72 Å². The second-order valence-corrected chi connectivity index (χ2v) is 10.4. The third kappa shape index (κ3) is 3.75. The predicted octanol–water partition coefficient (Wildman–Crippen LogP) is 4.55. The maximum atomic E-state index is 12.7. The van der Waals surface area contributed by atoms with Crippen molar-refractivity contribution >= 4 is 26.7 Å². The van der Waals surface area contributed by atoms with Crippen molar-refractivity contribution < 1.29 is 8.42 Å². The molecule has 0 saturated carbocycles. The summed E-state index contributed by atoms with van der Waals surface area (Å²) >= 11 is 1.03. The number of fused-ring (bicyclic) bond motifs is 1. The zero-order valence-electron chi connectivity index (χ0n) is 16.6. The lowest BCUT2D eigenvalue weighted by Gasteiger charge is -2.40. The van der Waals surface area contributed by atoms with E-state index in [9.17, 15) is 8.42 Å². The summed E-state index contributed by atoms with van der Waals surface area (Å²) in [6.45, 7) is 1.09. The normalized spacial score (nSPS) is 22.0. The molecule has 2 atom stereocenters. The topological polar surface area (TPSA) is 75.2 Å². The molecule has 0 bridgehead atoms. The van der Waals surface area contributed by atoms with Crippen molar-refractivity contribution in [1.29, 1.82) is 0 Å². The minimum atomic E-state index is -3.66. The first-order valence-corrected chi connectivity index (χ1v) is 12.6. The van der Waals surface area contributed by atoms with Crippen molar-refractivity contribution in [2.24, 2.45) is 0 Å². The number of rotatable bonds is 5. The molecule has 1 aliphatic heterocycles. The van der Waals surface area contributed by atoms with Crippen molar-refractivity contribution in [3.05, 3.63) is 71.5 Å². The Kier molecular flexibility index (Phi) is 5.30. The van der Waals surface area contributed by atoms with E-state index in [0.29, 0.717) is 12.1 Å². The Morgan fingerprint density at radius 3 is 2.70 bits per heavy atom. The Bertz CT molecular complexity index is 1120. The first kappa shape index (κ1) is 19.7. The van der Waals surface area contributed by atoms with Crippen molar-refractivity contribution in [3.63, 3.8) is 0 Å². The molecule has 0 radical (unpaired) electrons. The molecule has 1 N–H and O–H groups in total. The van der Waals surface area contributed by atoms with E-state index in [-0.39, 0.29) is 10.0 Å². The molecule has 2 heterocycles. The number of likely N-dealkylation sites (tertiary alicyclic amines) is 1. The van der Waals surface area contributed by atoms with Crippen LogP contribution in [0.1, 0.15) is 54.5 Å². The summed E-state index contributed by atoms with van der Waals surface area (Å²) in [6, 6.07) is 17.1.